The predicted octanol–water partition coefficient (Wildman–Crippen LogP) is 4.01. The zero-order chi connectivity index (χ0) is 24.1. The molecule has 0 aliphatic rings. The molecule has 0 bridgehead atoms. The Morgan fingerprint density at radius 2 is 1.94 bits per heavy atom. The fourth-order valence-corrected chi connectivity index (χ4v) is 4.61. The van der Waals surface area contributed by atoms with E-state index in [9.17, 15) is 23.2 Å². The van der Waals surface area contributed by atoms with Gasteiger partial charge in [-0.25, -0.2) is 4.98 Å². The number of aromatic amines is 1. The molecule has 1 amide bonds. The van der Waals surface area contributed by atoms with Crippen molar-refractivity contribution in [1.29, 1.82) is 0 Å². The summed E-state index contributed by atoms with van der Waals surface area (Å²) in [5.74, 6) is -0.475. The number of halogens is 2. The minimum atomic E-state index is -2.94. The Morgan fingerprint density at radius 1 is 1.24 bits per heavy atom. The Morgan fingerprint density at radius 3 is 2.61 bits per heavy atom. The molecule has 0 saturated heterocycles. The minimum absolute atomic E-state index is 0.0420. The van der Waals surface area contributed by atoms with Gasteiger partial charge in [-0.1, -0.05) is 0 Å². The van der Waals surface area contributed by atoms with Gasteiger partial charge in [0, 0.05) is 10.6 Å². The van der Waals surface area contributed by atoms with Crippen molar-refractivity contribution in [3.8, 4) is 5.75 Å². The number of carbonyl (C=O) groups excluding carboxylic acids is 2. The molecule has 3 aromatic rings. The maximum Gasteiger partial charge on any atom is 0.387 e. The number of thiophene rings is 1. The summed E-state index contributed by atoms with van der Waals surface area (Å²) >= 11 is 2.66. The largest absolute Gasteiger partial charge is 0.455 e. The topological polar surface area (TPSA) is 110 Å². The lowest BCUT2D eigenvalue weighted by Gasteiger charge is -2.11. The van der Waals surface area contributed by atoms with Gasteiger partial charge >= 0.3 is 12.6 Å². The summed E-state index contributed by atoms with van der Waals surface area (Å²) in [6, 6.07) is 5.33. The highest BCUT2D eigenvalue weighted by Gasteiger charge is 2.18. The molecular weight excluding hydrogens is 476 g/mol. The van der Waals surface area contributed by atoms with Gasteiger partial charge in [0.15, 0.2) is 6.61 Å². The number of hydrogen-bond donors (Lipinski definition) is 2. The minimum Gasteiger partial charge on any atom is -0.455 e. The van der Waals surface area contributed by atoms with Gasteiger partial charge in [0.05, 0.1) is 11.1 Å². The van der Waals surface area contributed by atoms with Crippen molar-refractivity contribution < 1.29 is 27.8 Å². The zero-order valence-electron chi connectivity index (χ0n) is 17.9. The highest BCUT2D eigenvalue weighted by Crippen LogP contribution is 2.26. The van der Waals surface area contributed by atoms with E-state index in [4.69, 9.17) is 4.74 Å². The van der Waals surface area contributed by atoms with Crippen LogP contribution in [0.3, 0.4) is 0 Å². The van der Waals surface area contributed by atoms with Crippen LogP contribution in [-0.4, -0.2) is 40.3 Å². The standard InChI is InChI=1S/C21H21F2N3O5S2/c1-10-11(2)33-19-17(10)18(28)25-15(26-19)9-32-12(3)20(29)30-8-16(27)24-13-4-6-14(7-5-13)31-21(22)23/h4-7,12,21H,8-9H2,1-3H3,(H,24,27)(H,25,26,28)/t12-/m1/s1. The smallest absolute Gasteiger partial charge is 0.387 e. The number of rotatable bonds is 9. The van der Waals surface area contributed by atoms with E-state index in [0.29, 0.717) is 21.7 Å². The number of thioether (sulfide) groups is 1. The van der Waals surface area contributed by atoms with Crippen molar-refractivity contribution in [1.82, 2.24) is 9.97 Å². The Labute approximate surface area is 195 Å². The number of esters is 1. The lowest BCUT2D eigenvalue weighted by molar-refractivity contribution is -0.146. The van der Waals surface area contributed by atoms with E-state index in [2.05, 4.69) is 20.0 Å². The fourth-order valence-electron chi connectivity index (χ4n) is 2.81. The Hall–Kier alpha value is -2.99. The lowest BCUT2D eigenvalue weighted by atomic mass is 10.2. The number of ether oxygens (including phenoxy) is 2. The van der Waals surface area contributed by atoms with E-state index < -0.39 is 30.3 Å². The molecule has 1 atom stereocenters. The number of benzene rings is 1. The summed E-state index contributed by atoms with van der Waals surface area (Å²) in [5, 5.41) is 2.47. The van der Waals surface area contributed by atoms with Gasteiger partial charge in [0.25, 0.3) is 11.5 Å². The van der Waals surface area contributed by atoms with Crippen LogP contribution in [0.1, 0.15) is 23.2 Å². The average Bonchev–Trinajstić information content (AvgIpc) is 3.05. The molecule has 8 nitrogen and oxygen atoms in total. The van der Waals surface area contributed by atoms with E-state index in [0.717, 1.165) is 10.4 Å². The van der Waals surface area contributed by atoms with Crippen molar-refractivity contribution >= 4 is 50.9 Å². The van der Waals surface area contributed by atoms with Gasteiger partial charge in [-0.2, -0.15) is 8.78 Å². The number of carbonyl (C=O) groups is 2. The third-order valence-corrected chi connectivity index (χ3v) is 6.83. The number of anilines is 1. The second-order valence-corrected chi connectivity index (χ2v) is 9.52. The van der Waals surface area contributed by atoms with Gasteiger partial charge in [0.2, 0.25) is 0 Å². The van der Waals surface area contributed by atoms with Crippen molar-refractivity contribution in [2.24, 2.45) is 0 Å². The van der Waals surface area contributed by atoms with Crippen LogP contribution in [0.15, 0.2) is 29.1 Å². The number of amides is 1. The molecule has 0 aliphatic heterocycles. The quantitative estimate of drug-likeness (QED) is 0.430. The number of nitrogens with one attached hydrogen (secondary N) is 2. The van der Waals surface area contributed by atoms with Crippen LogP contribution in [0.4, 0.5) is 14.5 Å². The molecule has 176 valence electrons. The molecule has 0 radical (unpaired) electrons. The molecule has 33 heavy (non-hydrogen) atoms. The maximum atomic E-state index is 12.3. The van der Waals surface area contributed by atoms with E-state index >= 15 is 0 Å². The molecule has 1 aromatic carbocycles. The second kappa shape index (κ2) is 10.8. The molecule has 0 fully saturated rings. The number of alkyl halides is 2. The van der Waals surface area contributed by atoms with Crippen molar-refractivity contribution in [3.63, 3.8) is 0 Å². The Kier molecular flexibility index (Phi) is 8.03. The summed E-state index contributed by atoms with van der Waals surface area (Å²) in [5.41, 5.74) is 1.04. The van der Waals surface area contributed by atoms with Gasteiger partial charge < -0.3 is 19.8 Å². The molecule has 0 saturated carbocycles. The molecule has 0 unspecified atom stereocenters. The number of hydrogen-bond acceptors (Lipinski definition) is 8. The monoisotopic (exact) mass is 497 g/mol. The summed E-state index contributed by atoms with van der Waals surface area (Å²) in [6.07, 6.45) is 0. The van der Waals surface area contributed by atoms with Gasteiger partial charge in [-0.15, -0.1) is 23.1 Å². The van der Waals surface area contributed by atoms with Crippen LogP contribution in [0.5, 0.6) is 5.75 Å². The molecule has 12 heteroatoms. The molecule has 0 spiro atoms. The number of nitrogens with zero attached hydrogens (tertiary/aromatic N) is 1. The van der Waals surface area contributed by atoms with Gasteiger partial charge in [-0.05, 0) is 50.6 Å². The first kappa shape index (κ1) is 24.6. The molecule has 0 aliphatic carbocycles. The first-order valence-electron chi connectivity index (χ1n) is 9.76. The summed E-state index contributed by atoms with van der Waals surface area (Å²) < 4.78 is 33.6. The van der Waals surface area contributed by atoms with Crippen LogP contribution >= 0.6 is 23.1 Å². The molecule has 2 aromatic heterocycles. The first-order chi connectivity index (χ1) is 15.6. The fraction of sp³-hybridized carbons (Fsp3) is 0.333. The number of aromatic nitrogens is 2. The third-order valence-electron chi connectivity index (χ3n) is 4.60. The Balaban J connectivity index is 1.47. The second-order valence-electron chi connectivity index (χ2n) is 6.99. The SMILES string of the molecule is Cc1sc2nc(CS[C@H](C)C(=O)OCC(=O)Nc3ccc(OC(F)F)cc3)[nH]c(=O)c2c1C. The Bertz CT molecular complexity index is 1210. The summed E-state index contributed by atoms with van der Waals surface area (Å²) in [6.45, 7) is 2.00. The van der Waals surface area contributed by atoms with Crippen LogP contribution < -0.4 is 15.6 Å². The molecule has 2 heterocycles. The summed E-state index contributed by atoms with van der Waals surface area (Å²) in [4.78, 5) is 45.4. The van der Waals surface area contributed by atoms with Crippen LogP contribution in [-0.2, 0) is 20.1 Å². The van der Waals surface area contributed by atoms with Crippen LogP contribution in [0.25, 0.3) is 10.2 Å². The lowest BCUT2D eigenvalue weighted by Crippen LogP contribution is -2.25. The molecule has 3 rings (SSSR count). The van der Waals surface area contributed by atoms with E-state index in [1.165, 1.54) is 47.4 Å². The highest BCUT2D eigenvalue weighted by molar-refractivity contribution is 7.99. The summed E-state index contributed by atoms with van der Waals surface area (Å²) in [7, 11) is 0. The highest BCUT2D eigenvalue weighted by atomic mass is 32.2. The molecule has 2 N–H and O–H groups in total. The number of aryl methyl sites for hydroxylation is 2. The number of H-pyrrole nitrogens is 1. The van der Waals surface area contributed by atoms with Crippen molar-refractivity contribution in [2.45, 2.75) is 38.4 Å². The third kappa shape index (κ3) is 6.51. The molecular formula is C21H21F2N3O5S2. The van der Waals surface area contributed by atoms with Crippen molar-refractivity contribution in [2.75, 3.05) is 11.9 Å². The average molecular weight is 498 g/mol. The van der Waals surface area contributed by atoms with E-state index in [1.807, 2.05) is 13.8 Å². The van der Waals surface area contributed by atoms with Gasteiger partial charge in [0.1, 0.15) is 21.7 Å². The van der Waals surface area contributed by atoms with Gasteiger partial charge in [-0.3, -0.25) is 14.4 Å². The number of fused-ring (bicyclic) bond motifs is 1. The predicted molar refractivity (Wildman–Crippen MR) is 123 cm³/mol. The van der Waals surface area contributed by atoms with Crippen LogP contribution in [0.2, 0.25) is 0 Å². The normalized spacial score (nSPS) is 12.1. The maximum absolute atomic E-state index is 12.3. The van der Waals surface area contributed by atoms with Crippen molar-refractivity contribution in [3.05, 3.63) is 50.9 Å². The van der Waals surface area contributed by atoms with E-state index in [-0.39, 0.29) is 17.1 Å². The van der Waals surface area contributed by atoms with E-state index in [1.54, 1.807) is 6.92 Å². The zero-order valence-corrected chi connectivity index (χ0v) is 19.6. The van der Waals surface area contributed by atoms with Crippen LogP contribution in [0, 0.1) is 13.8 Å². The first-order valence-corrected chi connectivity index (χ1v) is 11.6.